The molecular weight excluding hydrogens is 382 g/mol. The van der Waals surface area contributed by atoms with E-state index in [1.165, 1.54) is 0 Å². The van der Waals surface area contributed by atoms with Gasteiger partial charge in [0.15, 0.2) is 11.5 Å². The lowest BCUT2D eigenvalue weighted by molar-refractivity contribution is 0.0608. The predicted molar refractivity (Wildman–Crippen MR) is 111 cm³/mol. The van der Waals surface area contributed by atoms with Crippen molar-refractivity contribution in [2.75, 3.05) is 24.8 Å². The molecule has 0 unspecified atom stereocenters. The molecule has 1 aromatic carbocycles. The van der Waals surface area contributed by atoms with Gasteiger partial charge in [-0.1, -0.05) is 6.07 Å². The van der Waals surface area contributed by atoms with E-state index < -0.39 is 0 Å². The van der Waals surface area contributed by atoms with E-state index in [0.717, 1.165) is 48.9 Å². The Hall–Kier alpha value is -3.48. The zero-order chi connectivity index (χ0) is 20.3. The first-order chi connectivity index (χ1) is 14.8. The first kappa shape index (κ1) is 18.5. The van der Waals surface area contributed by atoms with Crippen LogP contribution in [0.25, 0.3) is 0 Å². The molecule has 1 fully saturated rings. The maximum atomic E-state index is 13.2. The van der Waals surface area contributed by atoms with E-state index >= 15 is 0 Å². The molecule has 2 aliphatic rings. The van der Waals surface area contributed by atoms with Crippen LogP contribution in [0.3, 0.4) is 0 Å². The molecule has 30 heavy (non-hydrogen) atoms. The van der Waals surface area contributed by atoms with Gasteiger partial charge >= 0.3 is 0 Å². The maximum absolute atomic E-state index is 13.2. The summed E-state index contributed by atoms with van der Waals surface area (Å²) in [5.74, 6) is 2.30. The second-order valence-electron chi connectivity index (χ2n) is 7.48. The van der Waals surface area contributed by atoms with Crippen molar-refractivity contribution in [2.45, 2.75) is 25.4 Å². The number of piperidine rings is 1. The highest BCUT2D eigenvalue weighted by atomic mass is 16.7. The van der Waals surface area contributed by atoms with Gasteiger partial charge in [-0.2, -0.15) is 0 Å². The lowest BCUT2D eigenvalue weighted by Crippen LogP contribution is -2.47. The number of carbonyl (C=O) groups excluding carboxylic acids is 1. The van der Waals surface area contributed by atoms with Crippen molar-refractivity contribution in [3.8, 4) is 11.5 Å². The van der Waals surface area contributed by atoms with Gasteiger partial charge in [0.1, 0.15) is 11.5 Å². The molecule has 4 heterocycles. The number of rotatable bonds is 5. The fourth-order valence-corrected chi connectivity index (χ4v) is 4.09. The number of hydrogen-bond acceptors (Lipinski definition) is 6. The number of ether oxygens (including phenoxy) is 2. The number of aromatic nitrogens is 1. The van der Waals surface area contributed by atoms with Crippen LogP contribution in [0.1, 0.15) is 29.1 Å². The summed E-state index contributed by atoms with van der Waals surface area (Å²) in [7, 11) is 0. The summed E-state index contributed by atoms with van der Waals surface area (Å²) in [6.07, 6.45) is 5.03. The van der Waals surface area contributed by atoms with Gasteiger partial charge in [0.2, 0.25) is 6.79 Å². The minimum atomic E-state index is -0.0615. The Morgan fingerprint density at radius 3 is 2.70 bits per heavy atom. The van der Waals surface area contributed by atoms with E-state index in [9.17, 15) is 4.79 Å². The molecular formula is C23H23N3O4. The number of furan rings is 1. The SMILES string of the molecule is O=C(c1ccccn1)N(Cc1ccco1)C1CCN(c2ccc3c(c2)OCO3)CC1. The van der Waals surface area contributed by atoms with Crippen LogP contribution in [0.4, 0.5) is 5.69 Å². The monoisotopic (exact) mass is 405 g/mol. The Bertz CT molecular complexity index is 999. The van der Waals surface area contributed by atoms with Crippen molar-refractivity contribution in [3.05, 3.63) is 72.4 Å². The zero-order valence-electron chi connectivity index (χ0n) is 16.6. The average molecular weight is 405 g/mol. The molecule has 0 N–H and O–H groups in total. The van der Waals surface area contributed by atoms with Crippen molar-refractivity contribution < 1.29 is 18.7 Å². The molecule has 5 rings (SSSR count). The maximum Gasteiger partial charge on any atom is 0.273 e. The lowest BCUT2D eigenvalue weighted by atomic mass is 10.0. The Kier molecular flexibility index (Phi) is 5.01. The minimum absolute atomic E-state index is 0.0615. The number of nitrogens with zero attached hydrogens (tertiary/aromatic N) is 3. The van der Waals surface area contributed by atoms with Crippen molar-refractivity contribution >= 4 is 11.6 Å². The smallest absolute Gasteiger partial charge is 0.273 e. The van der Waals surface area contributed by atoms with E-state index in [4.69, 9.17) is 13.9 Å². The second kappa shape index (κ2) is 8.10. The molecule has 0 aliphatic carbocycles. The van der Waals surface area contributed by atoms with Gasteiger partial charge in [-0.3, -0.25) is 9.78 Å². The zero-order valence-corrected chi connectivity index (χ0v) is 16.6. The number of anilines is 1. The summed E-state index contributed by atoms with van der Waals surface area (Å²) in [5, 5.41) is 0. The number of pyridine rings is 1. The molecule has 2 aliphatic heterocycles. The highest BCUT2D eigenvalue weighted by Crippen LogP contribution is 2.36. The Balaban J connectivity index is 1.31. The third-order valence-electron chi connectivity index (χ3n) is 5.68. The van der Waals surface area contributed by atoms with Gasteiger partial charge in [0, 0.05) is 37.1 Å². The quantitative estimate of drug-likeness (QED) is 0.645. The summed E-state index contributed by atoms with van der Waals surface area (Å²) in [6, 6.07) is 15.3. The summed E-state index contributed by atoms with van der Waals surface area (Å²) >= 11 is 0. The highest BCUT2D eigenvalue weighted by Gasteiger charge is 2.30. The molecule has 154 valence electrons. The first-order valence-electron chi connectivity index (χ1n) is 10.2. The molecule has 1 saturated heterocycles. The summed E-state index contributed by atoms with van der Waals surface area (Å²) in [4.78, 5) is 21.7. The number of benzene rings is 1. The molecule has 0 radical (unpaired) electrons. The second-order valence-corrected chi connectivity index (χ2v) is 7.48. The van der Waals surface area contributed by atoms with Gasteiger partial charge < -0.3 is 23.7 Å². The first-order valence-corrected chi connectivity index (χ1v) is 10.2. The van der Waals surface area contributed by atoms with Crippen LogP contribution >= 0.6 is 0 Å². The van der Waals surface area contributed by atoms with Crippen LogP contribution in [-0.4, -0.2) is 41.7 Å². The van der Waals surface area contributed by atoms with E-state index in [1.807, 2.05) is 41.3 Å². The van der Waals surface area contributed by atoms with E-state index in [1.54, 1.807) is 18.5 Å². The Labute approximate surface area is 174 Å². The van der Waals surface area contributed by atoms with Gasteiger partial charge in [0.25, 0.3) is 5.91 Å². The van der Waals surface area contributed by atoms with Gasteiger partial charge in [-0.15, -0.1) is 0 Å². The number of fused-ring (bicyclic) bond motifs is 1. The van der Waals surface area contributed by atoms with E-state index in [2.05, 4.69) is 16.0 Å². The molecule has 3 aromatic rings. The van der Waals surface area contributed by atoms with Crippen LogP contribution < -0.4 is 14.4 Å². The number of hydrogen-bond donors (Lipinski definition) is 0. The van der Waals surface area contributed by atoms with Crippen LogP contribution in [0.15, 0.2) is 65.4 Å². The van der Waals surface area contributed by atoms with Gasteiger partial charge in [0.05, 0.1) is 12.8 Å². The molecule has 0 saturated carbocycles. The predicted octanol–water partition coefficient (Wildman–Crippen LogP) is 3.71. The number of carbonyl (C=O) groups is 1. The summed E-state index contributed by atoms with van der Waals surface area (Å²) in [6.45, 7) is 2.43. The van der Waals surface area contributed by atoms with Crippen LogP contribution in [0, 0.1) is 0 Å². The molecule has 7 nitrogen and oxygen atoms in total. The lowest BCUT2D eigenvalue weighted by Gasteiger charge is -2.39. The molecule has 1 amide bonds. The largest absolute Gasteiger partial charge is 0.467 e. The molecule has 0 atom stereocenters. The minimum Gasteiger partial charge on any atom is -0.467 e. The van der Waals surface area contributed by atoms with Crippen molar-refractivity contribution in [1.29, 1.82) is 0 Å². The summed E-state index contributed by atoms with van der Waals surface area (Å²) in [5.41, 5.74) is 1.58. The van der Waals surface area contributed by atoms with Crippen molar-refractivity contribution in [1.82, 2.24) is 9.88 Å². The van der Waals surface area contributed by atoms with Crippen molar-refractivity contribution in [2.24, 2.45) is 0 Å². The third kappa shape index (κ3) is 3.70. The molecule has 2 aromatic heterocycles. The molecule has 0 spiro atoms. The topological polar surface area (TPSA) is 68.0 Å². The number of amides is 1. The standard InChI is InChI=1S/C23H23N3O4/c27-23(20-5-1-2-10-24-20)26(15-19-4-3-13-28-19)17-8-11-25(12-9-17)18-6-7-21-22(14-18)30-16-29-21/h1-7,10,13-14,17H,8-9,11-12,15-16H2. The van der Waals surface area contributed by atoms with Gasteiger partial charge in [-0.05, 0) is 49.2 Å². The molecule has 7 heteroatoms. The fourth-order valence-electron chi connectivity index (χ4n) is 4.09. The van der Waals surface area contributed by atoms with Crippen LogP contribution in [0.2, 0.25) is 0 Å². The molecule has 0 bridgehead atoms. The average Bonchev–Trinajstić information content (AvgIpc) is 3.49. The van der Waals surface area contributed by atoms with Crippen molar-refractivity contribution in [3.63, 3.8) is 0 Å². The summed E-state index contributed by atoms with van der Waals surface area (Å²) < 4.78 is 16.4. The fraction of sp³-hybridized carbons (Fsp3) is 0.304. The highest BCUT2D eigenvalue weighted by molar-refractivity contribution is 5.92. The van der Waals surface area contributed by atoms with E-state index in [-0.39, 0.29) is 18.7 Å². The van der Waals surface area contributed by atoms with Crippen LogP contribution in [-0.2, 0) is 6.54 Å². The Morgan fingerprint density at radius 1 is 1.07 bits per heavy atom. The normalized spacial score (nSPS) is 15.9. The third-order valence-corrected chi connectivity index (χ3v) is 5.68. The van der Waals surface area contributed by atoms with Crippen LogP contribution in [0.5, 0.6) is 11.5 Å². The van der Waals surface area contributed by atoms with E-state index in [0.29, 0.717) is 12.2 Å². The Morgan fingerprint density at radius 2 is 1.93 bits per heavy atom. The van der Waals surface area contributed by atoms with Gasteiger partial charge in [-0.25, -0.2) is 0 Å².